The maximum atomic E-state index is 13.3. The largest absolute Gasteiger partial charge is 0.507 e. The Labute approximate surface area is 181 Å². The Balaban J connectivity index is 2.14. The van der Waals surface area contributed by atoms with E-state index in [4.69, 9.17) is 28.3 Å². The van der Waals surface area contributed by atoms with E-state index in [1.165, 1.54) is 35.2 Å². The summed E-state index contributed by atoms with van der Waals surface area (Å²) >= 11 is 12.3. The summed E-state index contributed by atoms with van der Waals surface area (Å²) < 4.78 is 13.3. The Morgan fingerprint density at radius 2 is 1.73 bits per heavy atom. The first-order chi connectivity index (χ1) is 14.2. The van der Waals surface area contributed by atoms with Crippen LogP contribution in [0.5, 0.6) is 0 Å². The quantitative estimate of drug-likeness (QED) is 0.385. The number of likely N-dealkylation sites (tertiary alicyclic amines) is 1. The number of hydrogen-bond acceptors (Lipinski definition) is 4. The second-order valence-corrected chi connectivity index (χ2v) is 7.51. The number of halogens is 3. The van der Waals surface area contributed by atoms with Crippen molar-refractivity contribution in [1.82, 2.24) is 4.90 Å². The average molecular weight is 452 g/mol. The lowest BCUT2D eigenvalue weighted by Gasteiger charge is -2.26. The molecule has 1 aliphatic heterocycles. The number of rotatable bonds is 6. The van der Waals surface area contributed by atoms with E-state index in [9.17, 15) is 23.9 Å². The van der Waals surface area contributed by atoms with E-state index in [0.717, 1.165) is 12.1 Å². The highest BCUT2D eigenvalue weighted by molar-refractivity contribution is 6.47. The predicted molar refractivity (Wildman–Crippen MR) is 109 cm³/mol. The first-order valence-electron chi connectivity index (χ1n) is 8.91. The van der Waals surface area contributed by atoms with Crippen molar-refractivity contribution >= 4 is 46.6 Å². The fourth-order valence-electron chi connectivity index (χ4n) is 3.32. The molecule has 0 bridgehead atoms. The zero-order valence-electron chi connectivity index (χ0n) is 15.4. The molecule has 2 N–H and O–H groups in total. The molecule has 1 fully saturated rings. The highest BCUT2D eigenvalue weighted by Crippen LogP contribution is 2.42. The molecule has 0 aliphatic carbocycles. The molecule has 156 valence electrons. The van der Waals surface area contributed by atoms with Gasteiger partial charge in [-0.25, -0.2) is 4.39 Å². The zero-order valence-corrected chi connectivity index (χ0v) is 17.0. The molecule has 0 radical (unpaired) electrons. The van der Waals surface area contributed by atoms with Crippen LogP contribution in [-0.4, -0.2) is 39.3 Å². The SMILES string of the molecule is O=C(O)CCCN1C(=O)C(=O)/C(=C(/O)c2ccc(F)cc2)C1c1ccc(Cl)cc1Cl. The van der Waals surface area contributed by atoms with Crippen LogP contribution in [0, 0.1) is 5.82 Å². The van der Waals surface area contributed by atoms with Gasteiger partial charge in [-0.1, -0.05) is 29.3 Å². The van der Waals surface area contributed by atoms with Crippen LogP contribution in [0.3, 0.4) is 0 Å². The van der Waals surface area contributed by atoms with Crippen molar-refractivity contribution in [3.8, 4) is 0 Å². The minimum Gasteiger partial charge on any atom is -0.507 e. The first-order valence-corrected chi connectivity index (χ1v) is 9.67. The van der Waals surface area contributed by atoms with Crippen LogP contribution in [0.25, 0.3) is 5.76 Å². The van der Waals surface area contributed by atoms with Gasteiger partial charge in [-0.3, -0.25) is 14.4 Å². The lowest BCUT2D eigenvalue weighted by Crippen LogP contribution is -2.31. The van der Waals surface area contributed by atoms with Crippen LogP contribution >= 0.6 is 23.2 Å². The minimum atomic E-state index is -1.05. The monoisotopic (exact) mass is 451 g/mol. The molecule has 9 heteroatoms. The molecule has 0 saturated carbocycles. The molecule has 1 atom stereocenters. The Morgan fingerprint density at radius 3 is 2.33 bits per heavy atom. The summed E-state index contributed by atoms with van der Waals surface area (Å²) in [6.07, 6.45) is -0.108. The van der Waals surface area contributed by atoms with Gasteiger partial charge in [0.05, 0.1) is 11.6 Å². The van der Waals surface area contributed by atoms with Crippen molar-refractivity contribution in [2.75, 3.05) is 6.54 Å². The number of carboxylic acid groups (broad SMARTS) is 1. The average Bonchev–Trinajstić information content (AvgIpc) is 2.93. The number of aliphatic hydroxyl groups is 1. The Kier molecular flexibility index (Phi) is 6.43. The summed E-state index contributed by atoms with van der Waals surface area (Å²) in [5.41, 5.74) is 0.278. The summed E-state index contributed by atoms with van der Waals surface area (Å²) in [7, 11) is 0. The Morgan fingerprint density at radius 1 is 1.07 bits per heavy atom. The summed E-state index contributed by atoms with van der Waals surface area (Å²) in [4.78, 5) is 37.5. The van der Waals surface area contributed by atoms with Crippen molar-refractivity contribution in [1.29, 1.82) is 0 Å². The summed E-state index contributed by atoms with van der Waals surface area (Å²) in [5.74, 6) is -3.88. The van der Waals surface area contributed by atoms with Gasteiger partial charge in [0.15, 0.2) is 0 Å². The van der Waals surface area contributed by atoms with Gasteiger partial charge in [0.25, 0.3) is 11.7 Å². The van der Waals surface area contributed by atoms with Crippen LogP contribution in [0.1, 0.15) is 30.0 Å². The van der Waals surface area contributed by atoms with E-state index in [1.54, 1.807) is 0 Å². The van der Waals surface area contributed by atoms with Crippen LogP contribution < -0.4 is 0 Å². The number of carbonyl (C=O) groups is 3. The number of hydrogen-bond donors (Lipinski definition) is 2. The minimum absolute atomic E-state index is 0.0410. The van der Waals surface area contributed by atoms with Crippen molar-refractivity contribution in [2.45, 2.75) is 18.9 Å². The molecule has 6 nitrogen and oxygen atoms in total. The van der Waals surface area contributed by atoms with Crippen LogP contribution in [0.15, 0.2) is 48.0 Å². The Bertz CT molecular complexity index is 1050. The van der Waals surface area contributed by atoms with Gasteiger partial charge in [-0.2, -0.15) is 0 Å². The van der Waals surface area contributed by atoms with Gasteiger partial charge in [0.2, 0.25) is 0 Å². The van der Waals surface area contributed by atoms with Gasteiger partial charge >= 0.3 is 5.97 Å². The molecule has 1 unspecified atom stereocenters. The van der Waals surface area contributed by atoms with Crippen molar-refractivity contribution in [3.05, 3.63) is 75.0 Å². The number of benzene rings is 2. The van der Waals surface area contributed by atoms with Gasteiger partial charge < -0.3 is 15.1 Å². The second-order valence-electron chi connectivity index (χ2n) is 6.66. The molecule has 0 aromatic heterocycles. The van der Waals surface area contributed by atoms with Gasteiger partial charge in [0.1, 0.15) is 11.6 Å². The number of carbonyl (C=O) groups excluding carboxylic acids is 2. The molecule has 30 heavy (non-hydrogen) atoms. The van der Waals surface area contributed by atoms with E-state index in [0.29, 0.717) is 10.6 Å². The maximum Gasteiger partial charge on any atom is 0.303 e. The number of amides is 1. The summed E-state index contributed by atoms with van der Waals surface area (Å²) in [6.45, 7) is -0.0410. The van der Waals surface area contributed by atoms with E-state index in [1.807, 2.05) is 0 Å². The highest BCUT2D eigenvalue weighted by Gasteiger charge is 2.46. The molecule has 1 saturated heterocycles. The molecule has 1 amide bonds. The topological polar surface area (TPSA) is 94.9 Å². The molecule has 0 spiro atoms. The van der Waals surface area contributed by atoms with Gasteiger partial charge in [0, 0.05) is 28.6 Å². The number of Topliss-reactive ketones (excluding diaryl/α,β-unsaturated/α-hetero) is 1. The highest BCUT2D eigenvalue weighted by atomic mass is 35.5. The van der Waals surface area contributed by atoms with E-state index in [2.05, 4.69) is 0 Å². The van der Waals surface area contributed by atoms with Crippen LogP contribution in [0.2, 0.25) is 10.0 Å². The van der Waals surface area contributed by atoms with Crippen LogP contribution in [-0.2, 0) is 14.4 Å². The summed E-state index contributed by atoms with van der Waals surface area (Å²) in [5, 5.41) is 20.2. The van der Waals surface area contributed by atoms with Gasteiger partial charge in [-0.15, -0.1) is 0 Å². The standard InChI is InChI=1S/C21H16Cl2FNO5/c22-12-5-8-14(15(23)10-12)18-17(19(28)11-3-6-13(24)7-4-11)20(29)21(30)25(18)9-1-2-16(26)27/h3-8,10,18,28H,1-2,9H2,(H,26,27)/b19-17+. The number of ketones is 1. The van der Waals surface area contributed by atoms with Crippen LogP contribution in [0.4, 0.5) is 4.39 Å². The normalized spacial score (nSPS) is 18.1. The summed E-state index contributed by atoms with van der Waals surface area (Å²) in [6, 6.07) is 8.24. The van der Waals surface area contributed by atoms with Crippen molar-refractivity contribution < 1.29 is 29.0 Å². The number of carboxylic acids is 1. The maximum absolute atomic E-state index is 13.3. The molecule has 2 aromatic carbocycles. The second kappa shape index (κ2) is 8.85. The number of nitrogens with zero attached hydrogens (tertiary/aromatic N) is 1. The number of aliphatic carboxylic acids is 1. The first kappa shape index (κ1) is 21.8. The van der Waals surface area contributed by atoms with Crippen molar-refractivity contribution in [2.24, 2.45) is 0 Å². The predicted octanol–water partition coefficient (Wildman–Crippen LogP) is 4.42. The smallest absolute Gasteiger partial charge is 0.303 e. The lowest BCUT2D eigenvalue weighted by molar-refractivity contribution is -0.140. The van der Waals surface area contributed by atoms with E-state index >= 15 is 0 Å². The lowest BCUT2D eigenvalue weighted by atomic mass is 9.95. The van der Waals surface area contributed by atoms with E-state index < -0.39 is 35.3 Å². The fourth-order valence-corrected chi connectivity index (χ4v) is 3.83. The molecule has 1 aliphatic rings. The molecule has 2 aromatic rings. The molecular formula is C21H16Cl2FNO5. The third-order valence-corrected chi connectivity index (χ3v) is 5.27. The molecular weight excluding hydrogens is 436 g/mol. The molecule has 3 rings (SSSR count). The third kappa shape index (κ3) is 4.32. The third-order valence-electron chi connectivity index (χ3n) is 4.70. The fraction of sp³-hybridized carbons (Fsp3) is 0.190. The van der Waals surface area contributed by atoms with Crippen molar-refractivity contribution in [3.63, 3.8) is 0 Å². The van der Waals surface area contributed by atoms with Gasteiger partial charge in [-0.05, 0) is 48.4 Å². The molecule has 1 heterocycles. The Hall–Kier alpha value is -2.90. The zero-order chi connectivity index (χ0) is 22.0. The van der Waals surface area contributed by atoms with E-state index in [-0.39, 0.29) is 35.5 Å². The number of aliphatic hydroxyl groups excluding tert-OH is 1.